The van der Waals surface area contributed by atoms with Gasteiger partial charge < -0.3 is 19.9 Å². The number of nitrogens with zero attached hydrogens (tertiary/aromatic N) is 3. The van der Waals surface area contributed by atoms with Crippen LogP contribution in [0.2, 0.25) is 0 Å². The molecular weight excluding hydrogens is 413 g/mol. The minimum atomic E-state index is -0.766. The summed E-state index contributed by atoms with van der Waals surface area (Å²) in [6, 6.07) is 13.0. The number of carbonyl (C=O) groups is 2. The predicted octanol–water partition coefficient (Wildman–Crippen LogP) is 2.23. The topological polar surface area (TPSA) is 86.3 Å². The molecule has 0 bridgehead atoms. The molecular formula is C23H26FN5O3. The lowest BCUT2D eigenvalue weighted by molar-refractivity contribution is -0.123. The number of nitrogens with one attached hydrogen (secondary N) is 2. The first-order valence-electron chi connectivity index (χ1n) is 10.7. The lowest BCUT2D eigenvalue weighted by Crippen LogP contribution is -2.52. The Kier molecular flexibility index (Phi) is 6.53. The van der Waals surface area contributed by atoms with Gasteiger partial charge in [0.15, 0.2) is 0 Å². The van der Waals surface area contributed by atoms with Gasteiger partial charge in [0.2, 0.25) is 11.9 Å². The number of guanidine groups is 1. The first-order valence-corrected chi connectivity index (χ1v) is 10.7. The number of amides is 2. The maximum Gasteiger partial charge on any atom is 0.252 e. The Morgan fingerprint density at radius 2 is 1.81 bits per heavy atom. The molecule has 4 rings (SSSR count). The Morgan fingerprint density at radius 3 is 2.50 bits per heavy atom. The smallest absolute Gasteiger partial charge is 0.252 e. The van der Waals surface area contributed by atoms with Gasteiger partial charge in [-0.05, 0) is 43.3 Å². The zero-order chi connectivity index (χ0) is 22.5. The van der Waals surface area contributed by atoms with Gasteiger partial charge in [0.1, 0.15) is 17.6 Å². The van der Waals surface area contributed by atoms with Gasteiger partial charge in [-0.1, -0.05) is 12.1 Å². The number of hydrogen-bond donors (Lipinski definition) is 2. The number of benzene rings is 2. The van der Waals surface area contributed by atoms with E-state index >= 15 is 0 Å². The third-order valence-corrected chi connectivity index (χ3v) is 5.42. The van der Waals surface area contributed by atoms with E-state index < -0.39 is 6.04 Å². The van der Waals surface area contributed by atoms with Gasteiger partial charge in [0, 0.05) is 31.9 Å². The highest BCUT2D eigenvalue weighted by Crippen LogP contribution is 2.21. The molecule has 1 saturated heterocycles. The minimum Gasteiger partial charge on any atom is -0.494 e. The van der Waals surface area contributed by atoms with Crippen LogP contribution in [0.5, 0.6) is 5.75 Å². The van der Waals surface area contributed by atoms with E-state index in [1.807, 2.05) is 22.8 Å². The molecule has 0 aromatic heterocycles. The number of piperazine rings is 1. The van der Waals surface area contributed by atoms with Crippen LogP contribution in [0.1, 0.15) is 13.3 Å². The van der Waals surface area contributed by atoms with E-state index in [2.05, 4.69) is 15.6 Å². The largest absolute Gasteiger partial charge is 0.494 e. The van der Waals surface area contributed by atoms with Gasteiger partial charge in [-0.3, -0.25) is 14.9 Å². The lowest BCUT2D eigenvalue weighted by atomic mass is 10.2. The van der Waals surface area contributed by atoms with E-state index in [9.17, 15) is 14.0 Å². The lowest BCUT2D eigenvalue weighted by Gasteiger charge is -2.36. The molecule has 1 fully saturated rings. The second kappa shape index (κ2) is 9.67. The molecule has 168 valence electrons. The van der Waals surface area contributed by atoms with Crippen LogP contribution in [0, 0.1) is 5.82 Å². The molecule has 2 aromatic carbocycles. The number of halogens is 1. The highest BCUT2D eigenvalue weighted by molar-refractivity contribution is 6.07. The van der Waals surface area contributed by atoms with Crippen molar-refractivity contribution in [1.82, 2.24) is 10.2 Å². The van der Waals surface area contributed by atoms with Crippen LogP contribution >= 0.6 is 0 Å². The summed E-state index contributed by atoms with van der Waals surface area (Å²) < 4.78 is 19.4. The average Bonchev–Trinajstić information content (AvgIpc) is 3.16. The van der Waals surface area contributed by atoms with Gasteiger partial charge in [-0.2, -0.15) is 0 Å². The molecule has 8 nitrogen and oxygen atoms in total. The number of ether oxygens (including phenoxy) is 1. The summed E-state index contributed by atoms with van der Waals surface area (Å²) in [6.07, 6.45) is -0.0439. The van der Waals surface area contributed by atoms with Crippen LogP contribution < -0.4 is 20.3 Å². The van der Waals surface area contributed by atoms with E-state index in [4.69, 9.17) is 4.74 Å². The first-order chi connectivity index (χ1) is 15.5. The molecule has 0 radical (unpaired) electrons. The van der Waals surface area contributed by atoms with E-state index in [1.54, 1.807) is 36.4 Å². The number of carbonyl (C=O) groups excluding carboxylic acids is 2. The number of rotatable bonds is 6. The van der Waals surface area contributed by atoms with Crippen molar-refractivity contribution in [3.63, 3.8) is 0 Å². The predicted molar refractivity (Wildman–Crippen MR) is 120 cm³/mol. The Hall–Kier alpha value is -3.62. The number of aliphatic imine (C=N–C) groups is 1. The molecule has 2 amide bonds. The Labute approximate surface area is 186 Å². The summed E-state index contributed by atoms with van der Waals surface area (Å²) in [5, 5.41) is 5.56. The van der Waals surface area contributed by atoms with Crippen molar-refractivity contribution >= 4 is 29.1 Å². The average molecular weight is 439 g/mol. The Balaban J connectivity index is 1.30. The molecule has 9 heteroatoms. The van der Waals surface area contributed by atoms with Crippen LogP contribution in [0.15, 0.2) is 53.5 Å². The Morgan fingerprint density at radius 1 is 1.12 bits per heavy atom. The van der Waals surface area contributed by atoms with E-state index in [1.165, 1.54) is 6.07 Å². The van der Waals surface area contributed by atoms with E-state index in [-0.39, 0.29) is 24.1 Å². The quantitative estimate of drug-likeness (QED) is 0.721. The number of anilines is 2. The summed E-state index contributed by atoms with van der Waals surface area (Å²) in [5.74, 6) is 0.375. The highest BCUT2D eigenvalue weighted by Gasteiger charge is 2.32. The molecule has 0 aliphatic carbocycles. The standard InChI is InChI=1S/C23H26FN5O3/c1-2-32-17-9-7-16(8-10-17)25-21(30)15-19-22(31)27-23(26-19)29-13-11-28(12-14-29)20-6-4-3-5-18(20)24/h3-10,19H,2,11-15H2,1H3,(H,25,30)(H,26,27,31)/t19-/m1/s1. The third-order valence-electron chi connectivity index (χ3n) is 5.42. The molecule has 2 aliphatic rings. The van der Waals surface area contributed by atoms with Crippen molar-refractivity contribution in [2.75, 3.05) is 43.0 Å². The van der Waals surface area contributed by atoms with Gasteiger partial charge >= 0.3 is 0 Å². The molecule has 0 saturated carbocycles. The first kappa shape index (κ1) is 21.6. The molecule has 2 heterocycles. The van der Waals surface area contributed by atoms with Gasteiger partial charge in [-0.15, -0.1) is 0 Å². The summed E-state index contributed by atoms with van der Waals surface area (Å²) in [7, 11) is 0. The van der Waals surface area contributed by atoms with Crippen LogP contribution in [-0.2, 0) is 9.59 Å². The van der Waals surface area contributed by atoms with Crippen molar-refractivity contribution < 1.29 is 18.7 Å². The van der Waals surface area contributed by atoms with Crippen LogP contribution in [0.4, 0.5) is 15.8 Å². The van der Waals surface area contributed by atoms with E-state index in [0.717, 1.165) is 5.75 Å². The normalized spacial score (nSPS) is 18.2. The summed E-state index contributed by atoms with van der Waals surface area (Å²) in [5.41, 5.74) is 1.21. The molecule has 2 aliphatic heterocycles. The zero-order valence-electron chi connectivity index (χ0n) is 17.9. The second-order valence-electron chi connectivity index (χ2n) is 7.59. The van der Waals surface area contributed by atoms with Crippen molar-refractivity contribution in [2.24, 2.45) is 4.99 Å². The summed E-state index contributed by atoms with van der Waals surface area (Å²) in [4.78, 5) is 33.1. The zero-order valence-corrected chi connectivity index (χ0v) is 17.9. The molecule has 32 heavy (non-hydrogen) atoms. The molecule has 0 spiro atoms. The second-order valence-corrected chi connectivity index (χ2v) is 7.59. The van der Waals surface area contributed by atoms with E-state index in [0.29, 0.717) is 50.1 Å². The van der Waals surface area contributed by atoms with Crippen molar-refractivity contribution in [1.29, 1.82) is 0 Å². The number of hydrogen-bond acceptors (Lipinski definition) is 6. The van der Waals surface area contributed by atoms with Gasteiger partial charge in [0.05, 0.1) is 18.7 Å². The van der Waals surface area contributed by atoms with Crippen molar-refractivity contribution in [3.8, 4) is 5.75 Å². The summed E-state index contributed by atoms with van der Waals surface area (Å²) >= 11 is 0. The fraction of sp³-hybridized carbons (Fsp3) is 0.348. The van der Waals surface area contributed by atoms with Crippen molar-refractivity contribution in [3.05, 3.63) is 54.3 Å². The third kappa shape index (κ3) is 4.99. The minimum absolute atomic E-state index is 0.0439. The molecule has 0 unspecified atom stereocenters. The van der Waals surface area contributed by atoms with Crippen LogP contribution in [-0.4, -0.2) is 61.5 Å². The van der Waals surface area contributed by atoms with Crippen LogP contribution in [0.3, 0.4) is 0 Å². The highest BCUT2D eigenvalue weighted by atomic mass is 19.1. The maximum absolute atomic E-state index is 14.0. The fourth-order valence-corrected chi connectivity index (χ4v) is 3.79. The number of para-hydroxylation sites is 1. The van der Waals surface area contributed by atoms with Gasteiger partial charge in [0.25, 0.3) is 5.91 Å². The maximum atomic E-state index is 14.0. The molecule has 2 N–H and O–H groups in total. The SMILES string of the molecule is CCOc1ccc(NC(=O)C[C@H]2N=C(N3CCN(c4ccccc4F)CC3)NC2=O)cc1. The summed E-state index contributed by atoms with van der Waals surface area (Å²) in [6.45, 7) is 4.88. The monoisotopic (exact) mass is 439 g/mol. The molecule has 1 atom stereocenters. The van der Waals surface area contributed by atoms with Crippen molar-refractivity contribution in [2.45, 2.75) is 19.4 Å². The van der Waals surface area contributed by atoms with Crippen LogP contribution in [0.25, 0.3) is 0 Å². The Bertz CT molecular complexity index is 1000. The molecule has 2 aromatic rings. The fourth-order valence-electron chi connectivity index (χ4n) is 3.79. The van der Waals surface area contributed by atoms with Gasteiger partial charge in [-0.25, -0.2) is 9.38 Å².